The lowest BCUT2D eigenvalue weighted by molar-refractivity contribution is 0.103. The van der Waals surface area contributed by atoms with Crippen molar-refractivity contribution in [2.24, 2.45) is 5.73 Å². The van der Waals surface area contributed by atoms with Crippen LogP contribution in [0.5, 0.6) is 0 Å². The van der Waals surface area contributed by atoms with Crippen LogP contribution in [0.3, 0.4) is 0 Å². The Morgan fingerprint density at radius 1 is 1.28 bits per heavy atom. The van der Waals surface area contributed by atoms with Gasteiger partial charge in [-0.05, 0) is 29.8 Å². The Labute approximate surface area is 162 Å². The maximum absolute atomic E-state index is 12.5. The number of nitrogens with one attached hydrogen (secondary N) is 2. The Hall–Kier alpha value is -1.93. The van der Waals surface area contributed by atoms with Gasteiger partial charge in [-0.25, -0.2) is 4.98 Å². The molecule has 2 aromatic carbocycles. The molecule has 25 heavy (non-hydrogen) atoms. The number of rotatable bonds is 5. The second-order valence-electron chi connectivity index (χ2n) is 5.10. The molecule has 0 saturated heterocycles. The number of nitrogens with two attached hydrogens (primary N) is 1. The molecule has 0 radical (unpaired) electrons. The molecule has 0 saturated carbocycles. The highest BCUT2D eigenvalue weighted by molar-refractivity contribution is 9.10. The molecule has 0 aliphatic carbocycles. The summed E-state index contributed by atoms with van der Waals surface area (Å²) < 4.78 is 0.958. The van der Waals surface area contributed by atoms with Gasteiger partial charge in [0.25, 0.3) is 5.91 Å². The normalized spacial score (nSPS) is 10.5. The van der Waals surface area contributed by atoms with Gasteiger partial charge in [0.15, 0.2) is 5.13 Å². The summed E-state index contributed by atoms with van der Waals surface area (Å²) in [6, 6.07) is 13.0. The first-order valence-corrected chi connectivity index (χ1v) is 9.33. The zero-order chi connectivity index (χ0) is 17.8. The maximum Gasteiger partial charge on any atom is 0.267 e. The van der Waals surface area contributed by atoms with Crippen LogP contribution >= 0.6 is 38.9 Å². The zero-order valence-corrected chi connectivity index (χ0v) is 16.1. The van der Waals surface area contributed by atoms with Crippen LogP contribution in [-0.2, 0) is 6.54 Å². The van der Waals surface area contributed by atoms with Gasteiger partial charge in [0.2, 0.25) is 0 Å². The number of aromatic nitrogens is 1. The van der Waals surface area contributed by atoms with Crippen molar-refractivity contribution in [3.63, 3.8) is 0 Å². The summed E-state index contributed by atoms with van der Waals surface area (Å²) >= 11 is 10.8. The van der Waals surface area contributed by atoms with E-state index < -0.39 is 0 Å². The molecule has 1 heterocycles. The number of amides is 1. The van der Waals surface area contributed by atoms with E-state index in [0.717, 1.165) is 15.7 Å². The van der Waals surface area contributed by atoms with Gasteiger partial charge >= 0.3 is 0 Å². The van der Waals surface area contributed by atoms with E-state index >= 15 is 0 Å². The van der Waals surface area contributed by atoms with Crippen LogP contribution in [0.2, 0.25) is 5.02 Å². The van der Waals surface area contributed by atoms with Gasteiger partial charge in [0.05, 0.1) is 16.9 Å². The fourth-order valence-electron chi connectivity index (χ4n) is 2.18. The number of hydrogen-bond donors (Lipinski definition) is 3. The predicted molar refractivity (Wildman–Crippen MR) is 107 cm³/mol. The van der Waals surface area contributed by atoms with E-state index in [1.807, 2.05) is 30.3 Å². The van der Waals surface area contributed by atoms with Crippen molar-refractivity contribution < 1.29 is 4.79 Å². The molecule has 0 aliphatic rings. The van der Waals surface area contributed by atoms with Gasteiger partial charge in [0, 0.05) is 16.7 Å². The van der Waals surface area contributed by atoms with Crippen LogP contribution in [0.25, 0.3) is 0 Å². The minimum absolute atomic E-state index is 0.275. The Kier molecular flexibility index (Phi) is 5.70. The quantitative estimate of drug-likeness (QED) is 0.524. The molecule has 0 aliphatic heterocycles. The van der Waals surface area contributed by atoms with E-state index in [0.29, 0.717) is 20.7 Å². The van der Waals surface area contributed by atoms with Crippen LogP contribution in [0.4, 0.5) is 16.5 Å². The first-order chi connectivity index (χ1) is 12.1. The number of hydrogen-bond acceptors (Lipinski definition) is 5. The van der Waals surface area contributed by atoms with E-state index in [1.54, 1.807) is 12.1 Å². The van der Waals surface area contributed by atoms with E-state index in [1.165, 1.54) is 17.5 Å². The topological polar surface area (TPSA) is 80.0 Å². The molecule has 4 N–H and O–H groups in total. The smallest absolute Gasteiger partial charge is 0.267 e. The van der Waals surface area contributed by atoms with Gasteiger partial charge in [0.1, 0.15) is 4.88 Å². The molecular formula is C17H14BrClN4OS. The van der Waals surface area contributed by atoms with Crippen molar-refractivity contribution in [3.8, 4) is 0 Å². The molecule has 0 spiro atoms. The van der Waals surface area contributed by atoms with Crippen molar-refractivity contribution in [1.29, 1.82) is 0 Å². The molecule has 1 aromatic heterocycles. The molecule has 3 rings (SSSR count). The van der Waals surface area contributed by atoms with E-state index in [9.17, 15) is 4.79 Å². The zero-order valence-electron chi connectivity index (χ0n) is 12.9. The molecule has 3 aromatic rings. The highest BCUT2D eigenvalue weighted by atomic mass is 79.9. The van der Waals surface area contributed by atoms with Crippen LogP contribution in [0.15, 0.2) is 53.1 Å². The van der Waals surface area contributed by atoms with Gasteiger partial charge in [-0.2, -0.15) is 0 Å². The summed E-state index contributed by atoms with van der Waals surface area (Å²) in [4.78, 5) is 17.2. The maximum atomic E-state index is 12.5. The molecule has 8 heteroatoms. The van der Waals surface area contributed by atoms with Gasteiger partial charge < -0.3 is 16.4 Å². The van der Waals surface area contributed by atoms with Crippen molar-refractivity contribution in [2.45, 2.75) is 6.54 Å². The summed E-state index contributed by atoms with van der Waals surface area (Å²) in [6.07, 6.45) is 1.53. The van der Waals surface area contributed by atoms with Gasteiger partial charge in [-0.1, -0.05) is 57.1 Å². The van der Waals surface area contributed by atoms with Gasteiger partial charge in [-0.3, -0.25) is 4.79 Å². The van der Waals surface area contributed by atoms with Crippen molar-refractivity contribution in [3.05, 3.63) is 68.6 Å². The fraction of sp³-hybridized carbons (Fsp3) is 0.0588. The third-order valence-electron chi connectivity index (χ3n) is 3.36. The molecule has 0 fully saturated rings. The molecule has 0 atom stereocenters. The van der Waals surface area contributed by atoms with Crippen molar-refractivity contribution >= 4 is 61.3 Å². The monoisotopic (exact) mass is 436 g/mol. The van der Waals surface area contributed by atoms with Gasteiger partial charge in [-0.15, -0.1) is 0 Å². The summed E-state index contributed by atoms with van der Waals surface area (Å²) in [5, 5.41) is 7.06. The SMILES string of the molecule is NCc1cccc(Cl)c1NC(=O)c1cnc(Nc2cccc(Br)c2)s1. The highest BCUT2D eigenvalue weighted by Gasteiger charge is 2.14. The Morgan fingerprint density at radius 3 is 2.84 bits per heavy atom. The minimum atomic E-state index is -0.275. The summed E-state index contributed by atoms with van der Waals surface area (Å²) in [5.41, 5.74) is 7.89. The van der Waals surface area contributed by atoms with Crippen molar-refractivity contribution in [1.82, 2.24) is 4.98 Å². The minimum Gasteiger partial charge on any atom is -0.331 e. The third kappa shape index (κ3) is 4.38. The molecule has 0 bridgehead atoms. The van der Waals surface area contributed by atoms with Crippen LogP contribution in [0.1, 0.15) is 15.2 Å². The largest absolute Gasteiger partial charge is 0.331 e. The fourth-order valence-corrected chi connectivity index (χ4v) is 3.55. The van der Waals surface area contributed by atoms with Crippen LogP contribution in [-0.4, -0.2) is 10.9 Å². The third-order valence-corrected chi connectivity index (χ3v) is 5.08. The van der Waals surface area contributed by atoms with Crippen LogP contribution in [0, 0.1) is 0 Å². The number of para-hydroxylation sites is 1. The molecular weight excluding hydrogens is 424 g/mol. The average molecular weight is 438 g/mol. The van der Waals surface area contributed by atoms with Crippen LogP contribution < -0.4 is 16.4 Å². The predicted octanol–water partition coefficient (Wildman–Crippen LogP) is 5.01. The Morgan fingerprint density at radius 2 is 2.08 bits per heavy atom. The molecule has 0 unspecified atom stereocenters. The second kappa shape index (κ2) is 7.97. The number of carbonyl (C=O) groups is 1. The number of benzene rings is 2. The second-order valence-corrected chi connectivity index (χ2v) is 7.45. The van der Waals surface area contributed by atoms with E-state index in [2.05, 4.69) is 31.5 Å². The lowest BCUT2D eigenvalue weighted by atomic mass is 10.1. The van der Waals surface area contributed by atoms with Crippen molar-refractivity contribution in [2.75, 3.05) is 10.6 Å². The number of nitrogens with zero attached hydrogens (tertiary/aromatic N) is 1. The summed E-state index contributed by atoms with van der Waals surface area (Å²) in [5.74, 6) is -0.275. The molecule has 128 valence electrons. The lowest BCUT2D eigenvalue weighted by Crippen LogP contribution is -2.13. The number of carbonyl (C=O) groups excluding carboxylic acids is 1. The number of halogens is 2. The highest BCUT2D eigenvalue weighted by Crippen LogP contribution is 2.28. The number of anilines is 3. The average Bonchev–Trinajstić information content (AvgIpc) is 3.05. The number of thiazole rings is 1. The summed E-state index contributed by atoms with van der Waals surface area (Å²) in [6.45, 7) is 0.286. The standard InChI is InChI=1S/C17H14BrClN4OS/c18-11-4-2-5-12(7-11)22-17-21-9-14(25-17)16(24)23-15-10(8-20)3-1-6-13(15)19/h1-7,9H,8,20H2,(H,21,22)(H,23,24). The lowest BCUT2D eigenvalue weighted by Gasteiger charge is -2.10. The Bertz CT molecular complexity index is 915. The first-order valence-electron chi connectivity index (χ1n) is 7.34. The Balaban J connectivity index is 1.75. The van der Waals surface area contributed by atoms with E-state index in [4.69, 9.17) is 17.3 Å². The molecule has 1 amide bonds. The summed E-state index contributed by atoms with van der Waals surface area (Å²) in [7, 11) is 0. The van der Waals surface area contributed by atoms with E-state index in [-0.39, 0.29) is 12.5 Å². The first kappa shape index (κ1) is 17.9. The molecule has 5 nitrogen and oxygen atoms in total.